The molecular formula is C18H18F3NO5S. The molecule has 0 fully saturated rings. The molecule has 1 atom stereocenters. The Morgan fingerprint density at radius 1 is 1.18 bits per heavy atom. The minimum absolute atomic E-state index is 0.208. The number of hydrogen-bond acceptors (Lipinski definition) is 6. The van der Waals surface area contributed by atoms with Crippen molar-refractivity contribution in [1.29, 1.82) is 0 Å². The summed E-state index contributed by atoms with van der Waals surface area (Å²) in [5.74, 6) is -1.40. The number of esters is 1. The molecule has 2 N–H and O–H groups in total. The standard InChI is InChI=1S/C18H18F3NO5S/c1-27-17(24)15(22-11-12-5-3-2-4-6-12)9-13-7-8-14(23)10-16(13)28(25,26)18(19,20)21/h2-8,10,15,22-23H,9,11H2,1H3/t15-/m0/s1. The fourth-order valence-corrected chi connectivity index (χ4v) is 3.55. The smallest absolute Gasteiger partial charge is 0.501 e. The lowest BCUT2D eigenvalue weighted by Gasteiger charge is -2.19. The van der Waals surface area contributed by atoms with Crippen LogP contribution >= 0.6 is 0 Å². The fraction of sp³-hybridized carbons (Fsp3) is 0.278. The Labute approximate surface area is 159 Å². The second-order valence-electron chi connectivity index (χ2n) is 5.89. The van der Waals surface area contributed by atoms with Crippen LogP contribution in [0.5, 0.6) is 5.75 Å². The van der Waals surface area contributed by atoms with Crippen molar-refractivity contribution in [2.45, 2.75) is 29.4 Å². The first-order chi connectivity index (χ1) is 13.1. The minimum atomic E-state index is -5.71. The molecule has 0 unspecified atom stereocenters. The largest absolute Gasteiger partial charge is 0.508 e. The van der Waals surface area contributed by atoms with Gasteiger partial charge in [-0.2, -0.15) is 13.2 Å². The summed E-state index contributed by atoms with van der Waals surface area (Å²) >= 11 is 0. The maximum absolute atomic E-state index is 13.0. The van der Waals surface area contributed by atoms with Crippen molar-refractivity contribution in [1.82, 2.24) is 5.32 Å². The number of methoxy groups -OCH3 is 1. The molecule has 0 bridgehead atoms. The minimum Gasteiger partial charge on any atom is -0.508 e. The third-order valence-electron chi connectivity index (χ3n) is 3.95. The highest BCUT2D eigenvalue weighted by Gasteiger charge is 2.48. The van der Waals surface area contributed by atoms with E-state index in [1.807, 2.05) is 0 Å². The van der Waals surface area contributed by atoms with Crippen LogP contribution in [0.15, 0.2) is 53.4 Å². The summed E-state index contributed by atoms with van der Waals surface area (Å²) in [5, 5.41) is 12.3. The van der Waals surface area contributed by atoms with Crippen molar-refractivity contribution in [2.24, 2.45) is 0 Å². The molecule has 2 aromatic rings. The topological polar surface area (TPSA) is 92.7 Å². The van der Waals surface area contributed by atoms with Crippen LogP contribution in [0.3, 0.4) is 0 Å². The molecule has 2 aromatic carbocycles. The van der Waals surface area contributed by atoms with E-state index in [0.717, 1.165) is 24.8 Å². The zero-order chi connectivity index (χ0) is 20.9. The second kappa shape index (κ2) is 8.61. The Balaban J connectivity index is 2.35. The Bertz CT molecular complexity index is 930. The van der Waals surface area contributed by atoms with Crippen LogP contribution in [0, 0.1) is 0 Å². The van der Waals surface area contributed by atoms with Gasteiger partial charge in [0.25, 0.3) is 9.84 Å². The summed E-state index contributed by atoms with van der Waals surface area (Å²) in [6, 6.07) is 10.4. The molecule has 28 heavy (non-hydrogen) atoms. The van der Waals surface area contributed by atoms with Crippen molar-refractivity contribution < 1.29 is 36.2 Å². The third-order valence-corrected chi connectivity index (χ3v) is 5.52. The zero-order valence-electron chi connectivity index (χ0n) is 14.7. The monoisotopic (exact) mass is 417 g/mol. The normalized spacial score (nSPS) is 13.1. The van der Waals surface area contributed by atoms with Gasteiger partial charge in [-0.25, -0.2) is 8.42 Å². The highest BCUT2D eigenvalue weighted by atomic mass is 32.2. The first-order valence-electron chi connectivity index (χ1n) is 8.04. The van der Waals surface area contributed by atoms with E-state index in [1.165, 1.54) is 0 Å². The second-order valence-corrected chi connectivity index (χ2v) is 7.80. The van der Waals surface area contributed by atoms with E-state index in [2.05, 4.69) is 10.1 Å². The molecule has 0 saturated carbocycles. The van der Waals surface area contributed by atoms with E-state index in [4.69, 9.17) is 0 Å². The SMILES string of the molecule is COC(=O)[C@H](Cc1ccc(O)cc1S(=O)(=O)C(F)(F)F)NCc1ccccc1. The molecule has 0 aromatic heterocycles. The molecule has 0 spiro atoms. The molecular weight excluding hydrogens is 399 g/mol. The first-order valence-corrected chi connectivity index (χ1v) is 9.53. The summed E-state index contributed by atoms with van der Waals surface area (Å²) in [7, 11) is -4.60. The number of hydrogen-bond donors (Lipinski definition) is 2. The maximum Gasteiger partial charge on any atom is 0.501 e. The molecule has 0 radical (unpaired) electrons. The molecule has 0 saturated heterocycles. The molecule has 2 rings (SSSR count). The Morgan fingerprint density at radius 2 is 1.82 bits per heavy atom. The van der Waals surface area contributed by atoms with Crippen molar-refractivity contribution in [3.8, 4) is 5.75 Å². The first kappa shape index (κ1) is 21.7. The number of alkyl halides is 3. The Hall–Kier alpha value is -2.59. The van der Waals surface area contributed by atoms with Gasteiger partial charge in [0.1, 0.15) is 11.8 Å². The summed E-state index contributed by atoms with van der Waals surface area (Å²) in [6.45, 7) is 0.208. The van der Waals surface area contributed by atoms with Crippen LogP contribution in [-0.2, 0) is 32.3 Å². The van der Waals surface area contributed by atoms with E-state index >= 15 is 0 Å². The van der Waals surface area contributed by atoms with Gasteiger partial charge in [0.2, 0.25) is 0 Å². The van der Waals surface area contributed by atoms with Gasteiger partial charge >= 0.3 is 11.5 Å². The number of phenolic OH excluding ortho intramolecular Hbond substituents is 1. The molecule has 0 aliphatic rings. The summed E-state index contributed by atoms with van der Waals surface area (Å²) < 4.78 is 67.3. The van der Waals surface area contributed by atoms with Crippen molar-refractivity contribution in [2.75, 3.05) is 7.11 Å². The van der Waals surface area contributed by atoms with E-state index in [0.29, 0.717) is 6.07 Å². The van der Waals surface area contributed by atoms with E-state index in [1.54, 1.807) is 30.3 Å². The van der Waals surface area contributed by atoms with Crippen LogP contribution in [0.4, 0.5) is 13.2 Å². The Morgan fingerprint density at radius 3 is 2.39 bits per heavy atom. The van der Waals surface area contributed by atoms with Gasteiger partial charge in [0.15, 0.2) is 0 Å². The van der Waals surface area contributed by atoms with Gasteiger partial charge in [0.05, 0.1) is 12.0 Å². The number of carbonyl (C=O) groups excluding carboxylic acids is 1. The highest BCUT2D eigenvalue weighted by Crippen LogP contribution is 2.34. The molecule has 0 aliphatic heterocycles. The predicted molar refractivity (Wildman–Crippen MR) is 94.1 cm³/mol. The molecule has 0 amide bonds. The fourth-order valence-electron chi connectivity index (χ4n) is 2.52. The average molecular weight is 417 g/mol. The molecule has 10 heteroatoms. The maximum atomic E-state index is 13.0. The van der Waals surface area contributed by atoms with Crippen LogP contribution < -0.4 is 5.32 Å². The van der Waals surface area contributed by atoms with E-state index in [-0.39, 0.29) is 18.5 Å². The van der Waals surface area contributed by atoms with Crippen LogP contribution in [0.25, 0.3) is 0 Å². The van der Waals surface area contributed by atoms with Crippen LogP contribution in [0.2, 0.25) is 0 Å². The summed E-state index contributed by atoms with van der Waals surface area (Å²) in [6.07, 6.45) is -0.384. The zero-order valence-corrected chi connectivity index (χ0v) is 15.5. The van der Waals surface area contributed by atoms with Crippen molar-refractivity contribution in [3.63, 3.8) is 0 Å². The predicted octanol–water partition coefficient (Wildman–Crippen LogP) is 2.56. The van der Waals surface area contributed by atoms with Crippen LogP contribution in [0.1, 0.15) is 11.1 Å². The van der Waals surface area contributed by atoms with Gasteiger partial charge in [-0.05, 0) is 29.7 Å². The average Bonchev–Trinajstić information content (AvgIpc) is 2.65. The summed E-state index contributed by atoms with van der Waals surface area (Å²) in [4.78, 5) is 11.0. The number of aromatic hydroxyl groups is 1. The molecule has 0 aliphatic carbocycles. The Kier molecular flexibility index (Phi) is 6.68. The highest BCUT2D eigenvalue weighted by molar-refractivity contribution is 7.92. The van der Waals surface area contributed by atoms with Gasteiger partial charge in [-0.3, -0.25) is 4.79 Å². The van der Waals surface area contributed by atoms with Crippen LogP contribution in [-0.4, -0.2) is 38.2 Å². The lowest BCUT2D eigenvalue weighted by molar-refractivity contribution is -0.143. The lowest BCUT2D eigenvalue weighted by atomic mass is 10.0. The van der Waals surface area contributed by atoms with E-state index < -0.39 is 38.0 Å². The van der Waals surface area contributed by atoms with Gasteiger partial charge in [0, 0.05) is 6.54 Å². The van der Waals surface area contributed by atoms with E-state index in [9.17, 15) is 31.5 Å². The number of halogens is 3. The number of nitrogens with one attached hydrogen (secondary N) is 1. The molecule has 152 valence electrons. The van der Waals surface area contributed by atoms with Crippen molar-refractivity contribution in [3.05, 3.63) is 59.7 Å². The summed E-state index contributed by atoms with van der Waals surface area (Å²) in [5.41, 5.74) is -5.01. The number of ether oxygens (including phenoxy) is 1. The quantitative estimate of drug-likeness (QED) is 0.673. The number of benzene rings is 2. The number of carbonyl (C=O) groups is 1. The third kappa shape index (κ3) is 5.02. The van der Waals surface area contributed by atoms with Gasteiger partial charge in [-0.15, -0.1) is 0 Å². The number of sulfone groups is 1. The number of rotatable bonds is 7. The lowest BCUT2D eigenvalue weighted by Crippen LogP contribution is -2.39. The van der Waals surface area contributed by atoms with Crippen molar-refractivity contribution >= 4 is 15.8 Å². The van der Waals surface area contributed by atoms with Gasteiger partial charge < -0.3 is 15.2 Å². The molecule has 6 nitrogen and oxygen atoms in total. The number of phenols is 1. The molecule has 0 heterocycles. The van der Waals surface area contributed by atoms with Gasteiger partial charge in [-0.1, -0.05) is 36.4 Å².